The Bertz CT molecular complexity index is 771. The van der Waals surface area contributed by atoms with Crippen LogP contribution in [0.15, 0.2) is 41.6 Å². The summed E-state index contributed by atoms with van der Waals surface area (Å²) in [6, 6.07) is 7.07. The minimum absolute atomic E-state index is 0. The van der Waals surface area contributed by atoms with Gasteiger partial charge in [-0.25, -0.2) is 8.42 Å². The van der Waals surface area contributed by atoms with E-state index in [9.17, 15) is 8.42 Å². The fourth-order valence-electron chi connectivity index (χ4n) is 2.74. The van der Waals surface area contributed by atoms with Crippen LogP contribution in [0.1, 0.15) is 13.3 Å². The molecule has 2 heterocycles. The first-order valence-electron chi connectivity index (χ1n) is 7.62. The van der Waals surface area contributed by atoms with Gasteiger partial charge in [0.2, 0.25) is 10.0 Å². The van der Waals surface area contributed by atoms with Gasteiger partial charge in [0.25, 0.3) is 0 Å². The van der Waals surface area contributed by atoms with E-state index in [0.717, 1.165) is 23.7 Å². The molecule has 24 heavy (non-hydrogen) atoms. The summed E-state index contributed by atoms with van der Waals surface area (Å²) in [5.41, 5.74) is 0. The summed E-state index contributed by atoms with van der Waals surface area (Å²) in [7, 11) is -3.44. The molecule has 134 valence electrons. The largest absolute Gasteiger partial charge is 0.315 e. The Morgan fingerprint density at radius 2 is 1.96 bits per heavy atom. The number of nitrogens with one attached hydrogen (secondary N) is 1. The molecule has 1 aromatic heterocycles. The maximum atomic E-state index is 12.9. The molecule has 0 spiro atoms. The second-order valence-corrected chi connectivity index (χ2v) is 7.82. The number of hydrogen-bond acceptors (Lipinski definition) is 4. The highest BCUT2D eigenvalue weighted by Gasteiger charge is 2.25. The van der Waals surface area contributed by atoms with Crippen LogP contribution in [0.4, 0.5) is 0 Å². The predicted molar refractivity (Wildman–Crippen MR) is 102 cm³/mol. The fourth-order valence-corrected chi connectivity index (χ4v) is 4.23. The summed E-state index contributed by atoms with van der Waals surface area (Å²) in [5.74, 6) is 0.487. The Morgan fingerprint density at radius 3 is 2.75 bits per heavy atom. The van der Waals surface area contributed by atoms with Crippen LogP contribution in [0.2, 0.25) is 0 Å². The first-order valence-corrected chi connectivity index (χ1v) is 9.06. The average Bonchev–Trinajstić information content (AvgIpc) is 2.50. The molecule has 0 bridgehead atoms. The van der Waals surface area contributed by atoms with Gasteiger partial charge in [0.15, 0.2) is 0 Å². The third-order valence-corrected chi connectivity index (χ3v) is 6.05. The third kappa shape index (κ3) is 4.58. The van der Waals surface area contributed by atoms with Crippen LogP contribution in [0.3, 0.4) is 0 Å². The Labute approximate surface area is 155 Å². The van der Waals surface area contributed by atoms with Gasteiger partial charge in [0.05, 0.1) is 4.90 Å². The number of hydrogen-bond donors (Lipinski definition) is 1. The topological polar surface area (TPSA) is 62.3 Å². The summed E-state index contributed by atoms with van der Waals surface area (Å²) in [6.45, 7) is 4.90. The molecule has 8 heteroatoms. The van der Waals surface area contributed by atoms with Crippen LogP contribution in [-0.2, 0) is 10.0 Å². The van der Waals surface area contributed by atoms with Crippen molar-refractivity contribution in [1.82, 2.24) is 14.6 Å². The summed E-state index contributed by atoms with van der Waals surface area (Å²) in [5, 5.41) is 5.15. The molecule has 1 unspecified atom stereocenters. The van der Waals surface area contributed by atoms with E-state index >= 15 is 0 Å². The Kier molecular flexibility index (Phi) is 7.89. The number of rotatable bonds is 2. The van der Waals surface area contributed by atoms with Crippen LogP contribution in [0, 0.1) is 5.92 Å². The molecule has 1 aliphatic rings. The quantitative estimate of drug-likeness (QED) is 0.854. The fraction of sp³-hybridized carbons (Fsp3) is 0.438. The lowest BCUT2D eigenvalue weighted by atomic mass is 10.1. The minimum atomic E-state index is -3.44. The van der Waals surface area contributed by atoms with Gasteiger partial charge in [-0.05, 0) is 42.5 Å². The molecule has 1 aromatic carbocycles. The van der Waals surface area contributed by atoms with E-state index in [4.69, 9.17) is 0 Å². The standard InChI is InChI=1S/C16H21N3O2S.2ClH/c1-13-5-8-19(9-7-18-11-13)22(20,21)16-3-2-15-12-17-6-4-14(15)10-16;;/h2-4,6,10,12-13,18H,5,7-9,11H2,1H3;2*1H. The number of sulfonamides is 1. The number of halogens is 2. The lowest BCUT2D eigenvalue weighted by Crippen LogP contribution is -2.41. The normalized spacial score (nSPS) is 19.6. The van der Waals surface area contributed by atoms with E-state index in [1.807, 2.05) is 12.1 Å². The van der Waals surface area contributed by atoms with Gasteiger partial charge in [-0.2, -0.15) is 4.31 Å². The van der Waals surface area contributed by atoms with E-state index in [1.165, 1.54) is 0 Å². The van der Waals surface area contributed by atoms with Crippen molar-refractivity contribution in [1.29, 1.82) is 0 Å². The second kappa shape index (κ2) is 8.97. The van der Waals surface area contributed by atoms with Crippen molar-refractivity contribution in [3.8, 4) is 0 Å². The second-order valence-electron chi connectivity index (χ2n) is 5.89. The molecule has 3 rings (SSSR count). The summed E-state index contributed by atoms with van der Waals surface area (Å²) in [6.07, 6.45) is 4.30. The van der Waals surface area contributed by atoms with Gasteiger partial charge in [0, 0.05) is 37.4 Å². The molecule has 1 saturated heterocycles. The average molecular weight is 392 g/mol. The van der Waals surface area contributed by atoms with Crippen LogP contribution >= 0.6 is 24.8 Å². The molecule has 1 aliphatic heterocycles. The van der Waals surface area contributed by atoms with Crippen molar-refractivity contribution in [2.45, 2.75) is 18.2 Å². The summed E-state index contributed by atoms with van der Waals surface area (Å²) < 4.78 is 27.4. The van der Waals surface area contributed by atoms with Crippen molar-refractivity contribution in [3.63, 3.8) is 0 Å². The molecule has 1 atom stereocenters. The monoisotopic (exact) mass is 391 g/mol. The van der Waals surface area contributed by atoms with Gasteiger partial charge in [-0.1, -0.05) is 13.0 Å². The third-order valence-electron chi connectivity index (χ3n) is 4.15. The van der Waals surface area contributed by atoms with Crippen LogP contribution in [0.5, 0.6) is 0 Å². The molecule has 0 aliphatic carbocycles. The maximum Gasteiger partial charge on any atom is 0.243 e. The van der Waals surface area contributed by atoms with Gasteiger partial charge < -0.3 is 5.32 Å². The zero-order valence-electron chi connectivity index (χ0n) is 13.5. The molecular formula is C16H23Cl2N3O2S. The minimum Gasteiger partial charge on any atom is -0.315 e. The zero-order chi connectivity index (χ0) is 15.6. The Morgan fingerprint density at radius 1 is 1.17 bits per heavy atom. The molecule has 1 N–H and O–H groups in total. The number of benzene rings is 1. The van der Waals surface area contributed by atoms with Crippen LogP contribution < -0.4 is 5.32 Å². The first-order chi connectivity index (χ1) is 10.6. The zero-order valence-corrected chi connectivity index (χ0v) is 16.0. The maximum absolute atomic E-state index is 12.9. The molecule has 1 fully saturated rings. The number of aromatic nitrogens is 1. The highest BCUT2D eigenvalue weighted by atomic mass is 35.5. The molecule has 0 radical (unpaired) electrons. The van der Waals surface area contributed by atoms with Crippen molar-refractivity contribution in [2.24, 2.45) is 5.92 Å². The SMILES string of the molecule is CC1CCN(S(=O)(=O)c2ccc3cnccc3c2)CCNC1.Cl.Cl. The smallest absolute Gasteiger partial charge is 0.243 e. The summed E-state index contributed by atoms with van der Waals surface area (Å²) in [4.78, 5) is 4.42. The van der Waals surface area contributed by atoms with Crippen molar-refractivity contribution >= 4 is 45.6 Å². The van der Waals surface area contributed by atoms with Crippen molar-refractivity contribution in [3.05, 3.63) is 36.7 Å². The molecule has 5 nitrogen and oxygen atoms in total. The molecule has 2 aromatic rings. The van der Waals surface area contributed by atoms with Gasteiger partial charge in [-0.15, -0.1) is 24.8 Å². The van der Waals surface area contributed by atoms with Crippen LogP contribution in [-0.4, -0.2) is 43.9 Å². The Hall–Kier alpha value is -0.920. The van der Waals surface area contributed by atoms with Gasteiger partial charge in [0.1, 0.15) is 0 Å². The van der Waals surface area contributed by atoms with E-state index < -0.39 is 10.0 Å². The molecule has 0 saturated carbocycles. The van der Waals surface area contributed by atoms with E-state index in [2.05, 4.69) is 17.2 Å². The highest BCUT2D eigenvalue weighted by Crippen LogP contribution is 2.22. The first kappa shape index (κ1) is 21.1. The summed E-state index contributed by atoms with van der Waals surface area (Å²) >= 11 is 0. The van der Waals surface area contributed by atoms with Crippen molar-refractivity contribution < 1.29 is 8.42 Å². The lowest BCUT2D eigenvalue weighted by Gasteiger charge is -2.27. The molecular weight excluding hydrogens is 369 g/mol. The van der Waals surface area contributed by atoms with E-state index in [1.54, 1.807) is 28.8 Å². The number of fused-ring (bicyclic) bond motifs is 1. The predicted octanol–water partition coefficient (Wildman–Crippen LogP) is 2.70. The number of nitrogens with zero attached hydrogens (tertiary/aromatic N) is 2. The van der Waals surface area contributed by atoms with Crippen LogP contribution in [0.25, 0.3) is 10.8 Å². The lowest BCUT2D eigenvalue weighted by molar-refractivity contribution is 0.332. The van der Waals surface area contributed by atoms with Gasteiger partial charge in [-0.3, -0.25) is 4.98 Å². The van der Waals surface area contributed by atoms with E-state index in [0.29, 0.717) is 30.4 Å². The van der Waals surface area contributed by atoms with Gasteiger partial charge >= 0.3 is 0 Å². The highest BCUT2D eigenvalue weighted by molar-refractivity contribution is 7.89. The van der Waals surface area contributed by atoms with E-state index in [-0.39, 0.29) is 24.8 Å². The van der Waals surface area contributed by atoms with Crippen molar-refractivity contribution in [2.75, 3.05) is 26.2 Å². The molecule has 0 amide bonds. The number of pyridine rings is 1. The Balaban J connectivity index is 0.00000144.